The predicted molar refractivity (Wildman–Crippen MR) is 136 cm³/mol. The second-order valence-electron chi connectivity index (χ2n) is 8.53. The van der Waals surface area contributed by atoms with Crippen molar-refractivity contribution in [3.63, 3.8) is 0 Å². The number of aliphatic hydroxyl groups is 1. The first-order chi connectivity index (χ1) is 16.4. The van der Waals surface area contributed by atoms with Gasteiger partial charge in [0.1, 0.15) is 17.3 Å². The Labute approximate surface area is 205 Å². The van der Waals surface area contributed by atoms with Crippen LogP contribution in [0.15, 0.2) is 72.8 Å². The largest absolute Gasteiger partial charge is 0.507 e. The van der Waals surface area contributed by atoms with Crippen molar-refractivity contribution in [2.45, 2.75) is 37.5 Å². The van der Waals surface area contributed by atoms with Crippen LogP contribution in [0.3, 0.4) is 0 Å². The number of thiocarbonyl (C=S) groups is 1. The van der Waals surface area contributed by atoms with Gasteiger partial charge in [0.2, 0.25) is 0 Å². The average Bonchev–Trinajstić information content (AvgIpc) is 3.09. The van der Waals surface area contributed by atoms with Crippen molar-refractivity contribution in [3.8, 4) is 11.5 Å². The molecule has 5 nitrogen and oxygen atoms in total. The highest BCUT2D eigenvalue weighted by Gasteiger charge is 2.43. The minimum Gasteiger partial charge on any atom is -0.507 e. The number of aromatic hydroxyl groups is 1. The Morgan fingerprint density at radius 1 is 1.06 bits per heavy atom. The quantitative estimate of drug-likeness (QED) is 0.410. The lowest BCUT2D eigenvalue weighted by Crippen LogP contribution is -2.30. The molecule has 34 heavy (non-hydrogen) atoms. The van der Waals surface area contributed by atoms with Crippen molar-refractivity contribution in [2.24, 2.45) is 0 Å². The van der Waals surface area contributed by atoms with Gasteiger partial charge in [-0.2, -0.15) is 0 Å². The molecular formula is C27H29FN2O3S. The van der Waals surface area contributed by atoms with Crippen LogP contribution in [0.1, 0.15) is 42.5 Å². The molecule has 4 rings (SSSR count). The Kier molecular flexibility index (Phi) is 7.34. The Hall–Kier alpha value is -3.16. The number of phenols is 1. The maximum Gasteiger partial charge on any atom is 0.176 e. The van der Waals surface area contributed by atoms with Crippen molar-refractivity contribution < 1.29 is 19.3 Å². The second-order valence-corrected chi connectivity index (χ2v) is 8.90. The number of anilines is 1. The third-order valence-electron chi connectivity index (χ3n) is 6.47. The monoisotopic (exact) mass is 480 g/mol. The number of halogens is 1. The fourth-order valence-corrected chi connectivity index (χ4v) is 5.00. The van der Waals surface area contributed by atoms with Crippen LogP contribution < -0.4 is 9.64 Å². The summed E-state index contributed by atoms with van der Waals surface area (Å²) in [5.74, 6) is 0.417. The molecule has 3 aromatic carbocycles. The van der Waals surface area contributed by atoms with E-state index in [2.05, 4.69) is 9.80 Å². The van der Waals surface area contributed by atoms with Crippen LogP contribution in [0.4, 0.5) is 10.1 Å². The molecule has 0 bridgehead atoms. The molecule has 0 amide bonds. The van der Waals surface area contributed by atoms with E-state index in [1.165, 1.54) is 12.1 Å². The summed E-state index contributed by atoms with van der Waals surface area (Å²) in [7, 11) is 3.54. The van der Waals surface area contributed by atoms with E-state index in [9.17, 15) is 14.6 Å². The van der Waals surface area contributed by atoms with Gasteiger partial charge in [-0.15, -0.1) is 0 Å². The molecule has 1 saturated heterocycles. The molecule has 0 saturated carbocycles. The van der Waals surface area contributed by atoms with E-state index in [1.54, 1.807) is 25.3 Å². The molecule has 0 radical (unpaired) electrons. The number of likely N-dealkylation sites (N-methyl/N-ethyl adjacent to an activating group) is 1. The lowest BCUT2D eigenvalue weighted by molar-refractivity contribution is 0.159. The van der Waals surface area contributed by atoms with Crippen LogP contribution in [-0.4, -0.2) is 40.4 Å². The number of benzene rings is 3. The summed E-state index contributed by atoms with van der Waals surface area (Å²) in [6, 6.07) is 21.0. The van der Waals surface area contributed by atoms with Crippen molar-refractivity contribution in [1.29, 1.82) is 0 Å². The minimum atomic E-state index is -0.669. The third kappa shape index (κ3) is 4.86. The molecule has 7 heteroatoms. The number of nitrogens with zero attached hydrogens (tertiary/aromatic N) is 2. The van der Waals surface area contributed by atoms with Crippen molar-refractivity contribution >= 4 is 23.0 Å². The van der Waals surface area contributed by atoms with Gasteiger partial charge < -0.3 is 24.7 Å². The maximum absolute atomic E-state index is 13.2. The molecule has 1 aliphatic rings. The van der Waals surface area contributed by atoms with E-state index in [-0.39, 0.29) is 23.7 Å². The third-order valence-corrected chi connectivity index (χ3v) is 6.96. The molecule has 0 unspecified atom stereocenters. The van der Waals surface area contributed by atoms with E-state index in [0.29, 0.717) is 22.8 Å². The molecule has 3 aromatic rings. The zero-order valence-electron chi connectivity index (χ0n) is 19.3. The topological polar surface area (TPSA) is 56.2 Å². The van der Waals surface area contributed by atoms with Gasteiger partial charge in [-0.3, -0.25) is 0 Å². The first-order valence-electron chi connectivity index (χ1n) is 11.3. The Balaban J connectivity index is 1.60. The molecule has 2 N–H and O–H groups in total. The fourth-order valence-electron chi connectivity index (χ4n) is 4.64. The van der Waals surface area contributed by atoms with Gasteiger partial charge in [-0.25, -0.2) is 4.39 Å². The SMILES string of the molecule is COc1ccc([C@@H]2[C@@H](CCC[C@@H](O)c3ccc(F)cc3)N(C)C(=S)N2c2ccccc2)c(O)c1. The summed E-state index contributed by atoms with van der Waals surface area (Å²) in [5.41, 5.74) is 2.42. The number of ether oxygens (including phenoxy) is 1. The molecule has 0 aromatic heterocycles. The Morgan fingerprint density at radius 3 is 2.41 bits per heavy atom. The normalized spacial score (nSPS) is 18.9. The van der Waals surface area contributed by atoms with E-state index in [1.807, 2.05) is 49.5 Å². The van der Waals surface area contributed by atoms with Crippen LogP contribution in [0, 0.1) is 5.82 Å². The van der Waals surface area contributed by atoms with E-state index >= 15 is 0 Å². The van der Waals surface area contributed by atoms with Crippen molar-refractivity contribution in [2.75, 3.05) is 19.1 Å². The van der Waals surface area contributed by atoms with Gasteiger partial charge >= 0.3 is 0 Å². The number of para-hydroxylation sites is 1. The minimum absolute atomic E-state index is 0.0209. The summed E-state index contributed by atoms with van der Waals surface area (Å²) < 4.78 is 18.5. The van der Waals surface area contributed by atoms with Gasteiger partial charge in [0.05, 0.1) is 25.3 Å². The van der Waals surface area contributed by atoms with Gasteiger partial charge in [-0.05, 0) is 73.4 Å². The molecule has 178 valence electrons. The van der Waals surface area contributed by atoms with Gasteiger partial charge in [0.25, 0.3) is 0 Å². The molecule has 3 atom stereocenters. The number of aliphatic hydroxyl groups excluding tert-OH is 1. The van der Waals surface area contributed by atoms with Crippen molar-refractivity contribution in [1.82, 2.24) is 4.90 Å². The highest BCUT2D eigenvalue weighted by atomic mass is 32.1. The fraction of sp³-hybridized carbons (Fsp3) is 0.296. The maximum atomic E-state index is 13.2. The molecule has 0 aliphatic carbocycles. The number of hydrogen-bond acceptors (Lipinski definition) is 4. The lowest BCUT2D eigenvalue weighted by Gasteiger charge is -2.29. The zero-order valence-corrected chi connectivity index (χ0v) is 20.1. The van der Waals surface area contributed by atoms with E-state index < -0.39 is 6.10 Å². The number of rotatable bonds is 8. The predicted octanol–water partition coefficient (Wildman–Crippen LogP) is 5.59. The van der Waals surface area contributed by atoms with Crippen LogP contribution in [0.2, 0.25) is 0 Å². The van der Waals surface area contributed by atoms with Gasteiger partial charge in [0.15, 0.2) is 5.11 Å². The highest BCUT2D eigenvalue weighted by molar-refractivity contribution is 7.80. The van der Waals surface area contributed by atoms with Crippen molar-refractivity contribution in [3.05, 3.63) is 89.7 Å². The van der Waals surface area contributed by atoms with Gasteiger partial charge in [-0.1, -0.05) is 30.3 Å². The molecule has 1 aliphatic heterocycles. The average molecular weight is 481 g/mol. The lowest BCUT2D eigenvalue weighted by atomic mass is 9.92. The smallest absolute Gasteiger partial charge is 0.176 e. The number of methoxy groups -OCH3 is 1. The second kappa shape index (κ2) is 10.4. The Morgan fingerprint density at radius 2 is 1.76 bits per heavy atom. The zero-order chi connectivity index (χ0) is 24.2. The first-order valence-corrected chi connectivity index (χ1v) is 11.7. The number of hydrogen-bond donors (Lipinski definition) is 2. The summed E-state index contributed by atoms with van der Waals surface area (Å²) >= 11 is 5.84. The van der Waals surface area contributed by atoms with Crippen LogP contribution in [-0.2, 0) is 0 Å². The molecule has 0 spiro atoms. The van der Waals surface area contributed by atoms with E-state index in [4.69, 9.17) is 17.0 Å². The molecule has 1 fully saturated rings. The summed E-state index contributed by atoms with van der Waals surface area (Å²) in [6.45, 7) is 0. The summed E-state index contributed by atoms with van der Waals surface area (Å²) in [5, 5.41) is 22.2. The standard InChI is InChI=1S/C27H29FN2O3S/c1-29-23(9-6-10-24(31)18-11-13-19(28)14-12-18)26(22-16-15-21(33-2)17-25(22)32)30(27(29)34)20-7-4-3-5-8-20/h3-5,7-8,11-17,23-24,26,31-32H,6,9-10H2,1-2H3/t23-,24-,26-/m1/s1. The number of phenolic OH excluding ortho intramolecular Hbond substituents is 1. The molecule has 1 heterocycles. The summed E-state index contributed by atoms with van der Waals surface area (Å²) in [6.07, 6.45) is 1.34. The van der Waals surface area contributed by atoms with Gasteiger partial charge in [0, 0.05) is 24.4 Å². The summed E-state index contributed by atoms with van der Waals surface area (Å²) in [4.78, 5) is 4.15. The van der Waals surface area contributed by atoms with Crippen LogP contribution in [0.5, 0.6) is 11.5 Å². The van der Waals surface area contributed by atoms with Crippen LogP contribution >= 0.6 is 12.2 Å². The highest BCUT2D eigenvalue weighted by Crippen LogP contribution is 2.44. The van der Waals surface area contributed by atoms with E-state index in [0.717, 1.165) is 24.1 Å². The Bertz CT molecular complexity index is 1130. The molecular weight excluding hydrogens is 451 g/mol. The first kappa shape index (κ1) is 24.0. The van der Waals surface area contributed by atoms with Crippen LogP contribution in [0.25, 0.3) is 0 Å².